The molecule has 5 heteroatoms. The van der Waals surface area contributed by atoms with Gasteiger partial charge in [-0.15, -0.1) is 0 Å². The zero-order valence-electron chi connectivity index (χ0n) is 11.5. The molecule has 1 aromatic rings. The minimum absolute atomic E-state index is 0.00649. The Morgan fingerprint density at radius 3 is 2.56 bits per heavy atom. The van der Waals surface area contributed by atoms with Crippen LogP contribution in [0.3, 0.4) is 0 Å². The van der Waals surface area contributed by atoms with Crippen molar-refractivity contribution in [2.24, 2.45) is 5.84 Å². The van der Waals surface area contributed by atoms with Crippen molar-refractivity contribution in [2.75, 3.05) is 5.43 Å². The third-order valence-electron chi connectivity index (χ3n) is 3.39. The maximum atomic E-state index is 5.81. The first kappa shape index (κ1) is 13.2. The molecule has 2 rings (SSSR count). The molecule has 0 aromatic carbocycles. The number of aryl methyl sites for hydroxylation is 1. The van der Waals surface area contributed by atoms with Gasteiger partial charge in [0.25, 0.3) is 0 Å². The van der Waals surface area contributed by atoms with Gasteiger partial charge in [-0.05, 0) is 32.6 Å². The van der Waals surface area contributed by atoms with Gasteiger partial charge in [0, 0.05) is 11.3 Å². The zero-order valence-corrected chi connectivity index (χ0v) is 11.5. The third kappa shape index (κ3) is 2.47. The standard InChI is InChI=1S/C13H22N4O/c1-7(2)11-9(4)15-12(16-13(11)17-14)10-6-5-8(3)18-10/h7-8,10H,5-6,14H2,1-4H3,(H,15,16,17). The van der Waals surface area contributed by atoms with Crippen molar-refractivity contribution in [2.45, 2.75) is 58.7 Å². The van der Waals surface area contributed by atoms with Crippen LogP contribution in [0.5, 0.6) is 0 Å². The van der Waals surface area contributed by atoms with Gasteiger partial charge >= 0.3 is 0 Å². The first-order valence-electron chi connectivity index (χ1n) is 6.53. The highest BCUT2D eigenvalue weighted by Crippen LogP contribution is 2.33. The summed E-state index contributed by atoms with van der Waals surface area (Å²) in [6, 6.07) is 0. The Balaban J connectivity index is 2.36. The van der Waals surface area contributed by atoms with E-state index in [1.165, 1.54) is 0 Å². The Labute approximate surface area is 108 Å². The van der Waals surface area contributed by atoms with Crippen LogP contribution in [0.25, 0.3) is 0 Å². The predicted octanol–water partition coefficient (Wildman–Crippen LogP) is 2.43. The Hall–Kier alpha value is -1.20. The molecule has 1 aliphatic rings. The molecule has 2 atom stereocenters. The summed E-state index contributed by atoms with van der Waals surface area (Å²) >= 11 is 0. The van der Waals surface area contributed by atoms with E-state index in [1.807, 2.05) is 6.92 Å². The van der Waals surface area contributed by atoms with Crippen molar-refractivity contribution in [1.82, 2.24) is 9.97 Å². The van der Waals surface area contributed by atoms with Gasteiger partial charge in [0.05, 0.1) is 6.10 Å². The Kier molecular flexibility index (Phi) is 3.82. The minimum atomic E-state index is 0.00649. The molecule has 0 saturated carbocycles. The maximum Gasteiger partial charge on any atom is 0.159 e. The number of hydrazine groups is 1. The van der Waals surface area contributed by atoms with Gasteiger partial charge in [0.2, 0.25) is 0 Å². The molecule has 0 spiro atoms. The first-order chi connectivity index (χ1) is 8.52. The fourth-order valence-corrected chi connectivity index (χ4v) is 2.54. The van der Waals surface area contributed by atoms with Gasteiger partial charge in [0.15, 0.2) is 5.82 Å². The van der Waals surface area contributed by atoms with E-state index < -0.39 is 0 Å². The van der Waals surface area contributed by atoms with Gasteiger partial charge < -0.3 is 10.2 Å². The second-order valence-corrected chi connectivity index (χ2v) is 5.24. The molecule has 0 amide bonds. The molecular weight excluding hydrogens is 228 g/mol. The number of nitrogens with zero attached hydrogens (tertiary/aromatic N) is 2. The Morgan fingerprint density at radius 2 is 2.06 bits per heavy atom. The topological polar surface area (TPSA) is 73.1 Å². The molecule has 3 N–H and O–H groups in total. The molecule has 1 fully saturated rings. The largest absolute Gasteiger partial charge is 0.367 e. The van der Waals surface area contributed by atoms with E-state index in [4.69, 9.17) is 10.6 Å². The van der Waals surface area contributed by atoms with Crippen molar-refractivity contribution >= 4 is 5.82 Å². The molecule has 0 aliphatic carbocycles. The fourth-order valence-electron chi connectivity index (χ4n) is 2.54. The molecular formula is C13H22N4O. The number of nitrogens with one attached hydrogen (secondary N) is 1. The van der Waals surface area contributed by atoms with E-state index in [0.717, 1.165) is 35.7 Å². The second kappa shape index (κ2) is 5.20. The quantitative estimate of drug-likeness (QED) is 0.636. The second-order valence-electron chi connectivity index (χ2n) is 5.24. The summed E-state index contributed by atoms with van der Waals surface area (Å²) < 4.78 is 5.81. The van der Waals surface area contributed by atoms with E-state index in [1.54, 1.807) is 0 Å². The van der Waals surface area contributed by atoms with Crippen LogP contribution in [0, 0.1) is 6.92 Å². The van der Waals surface area contributed by atoms with Gasteiger partial charge in [0.1, 0.15) is 11.9 Å². The number of hydrogen-bond donors (Lipinski definition) is 2. The highest BCUT2D eigenvalue weighted by atomic mass is 16.5. The number of rotatable bonds is 3. The van der Waals surface area contributed by atoms with Crippen LogP contribution in [0.15, 0.2) is 0 Å². The summed E-state index contributed by atoms with van der Waals surface area (Å²) in [6.45, 7) is 8.30. The van der Waals surface area contributed by atoms with Crippen LogP contribution >= 0.6 is 0 Å². The molecule has 0 bridgehead atoms. The fraction of sp³-hybridized carbons (Fsp3) is 0.692. The van der Waals surface area contributed by atoms with Gasteiger partial charge in [-0.1, -0.05) is 13.8 Å². The van der Waals surface area contributed by atoms with Crippen molar-refractivity contribution in [3.8, 4) is 0 Å². The lowest BCUT2D eigenvalue weighted by atomic mass is 10.0. The lowest BCUT2D eigenvalue weighted by molar-refractivity contribution is 0.0502. The van der Waals surface area contributed by atoms with E-state index in [-0.39, 0.29) is 12.2 Å². The van der Waals surface area contributed by atoms with E-state index in [9.17, 15) is 0 Å². The lowest BCUT2D eigenvalue weighted by Crippen LogP contribution is -2.17. The average molecular weight is 250 g/mol. The lowest BCUT2D eigenvalue weighted by Gasteiger charge is -2.17. The average Bonchev–Trinajstić information content (AvgIpc) is 2.74. The van der Waals surface area contributed by atoms with Crippen LogP contribution in [0.4, 0.5) is 5.82 Å². The molecule has 1 aromatic heterocycles. The summed E-state index contributed by atoms with van der Waals surface area (Å²) in [4.78, 5) is 9.11. The van der Waals surface area contributed by atoms with Gasteiger partial charge in [-0.25, -0.2) is 15.8 Å². The summed E-state index contributed by atoms with van der Waals surface area (Å²) in [7, 11) is 0. The van der Waals surface area contributed by atoms with Gasteiger partial charge in [-0.3, -0.25) is 0 Å². The predicted molar refractivity (Wildman–Crippen MR) is 71.2 cm³/mol. The monoisotopic (exact) mass is 250 g/mol. The first-order valence-corrected chi connectivity index (χ1v) is 6.53. The van der Waals surface area contributed by atoms with E-state index in [0.29, 0.717) is 5.92 Å². The number of hydrogen-bond acceptors (Lipinski definition) is 5. The molecule has 2 unspecified atom stereocenters. The van der Waals surface area contributed by atoms with Crippen LogP contribution < -0.4 is 11.3 Å². The van der Waals surface area contributed by atoms with Crippen LogP contribution in [-0.4, -0.2) is 16.1 Å². The summed E-state index contributed by atoms with van der Waals surface area (Å²) in [6.07, 6.45) is 2.33. The number of aromatic nitrogens is 2. The SMILES string of the molecule is Cc1nc(C2CCC(C)O2)nc(NN)c1C(C)C. The summed E-state index contributed by atoms with van der Waals surface area (Å²) in [5.41, 5.74) is 4.74. The zero-order chi connectivity index (χ0) is 13.3. The van der Waals surface area contributed by atoms with Crippen LogP contribution in [0.2, 0.25) is 0 Å². The molecule has 18 heavy (non-hydrogen) atoms. The Bertz CT molecular complexity index is 433. The maximum absolute atomic E-state index is 5.81. The minimum Gasteiger partial charge on any atom is -0.367 e. The number of nitrogens with two attached hydrogens (primary N) is 1. The summed E-state index contributed by atoms with van der Waals surface area (Å²) in [5.74, 6) is 7.38. The third-order valence-corrected chi connectivity index (χ3v) is 3.39. The van der Waals surface area contributed by atoms with Crippen molar-refractivity contribution < 1.29 is 4.74 Å². The molecule has 100 valence electrons. The molecule has 1 saturated heterocycles. The van der Waals surface area contributed by atoms with Crippen molar-refractivity contribution in [3.63, 3.8) is 0 Å². The highest BCUT2D eigenvalue weighted by molar-refractivity contribution is 5.47. The van der Waals surface area contributed by atoms with E-state index >= 15 is 0 Å². The van der Waals surface area contributed by atoms with Gasteiger partial charge in [-0.2, -0.15) is 0 Å². The smallest absolute Gasteiger partial charge is 0.159 e. The molecule has 2 heterocycles. The highest BCUT2D eigenvalue weighted by Gasteiger charge is 2.27. The van der Waals surface area contributed by atoms with Crippen LogP contribution in [-0.2, 0) is 4.74 Å². The Morgan fingerprint density at radius 1 is 1.33 bits per heavy atom. The van der Waals surface area contributed by atoms with Crippen molar-refractivity contribution in [3.05, 3.63) is 17.1 Å². The number of ether oxygens (including phenoxy) is 1. The number of anilines is 1. The van der Waals surface area contributed by atoms with Crippen LogP contribution in [0.1, 0.15) is 62.7 Å². The normalized spacial score (nSPS) is 23.7. The van der Waals surface area contributed by atoms with E-state index in [2.05, 4.69) is 36.2 Å². The van der Waals surface area contributed by atoms with Crippen molar-refractivity contribution in [1.29, 1.82) is 0 Å². The molecule has 5 nitrogen and oxygen atoms in total. The molecule has 0 radical (unpaired) electrons. The number of nitrogen functional groups attached to an aromatic ring is 1. The molecule has 1 aliphatic heterocycles. The summed E-state index contributed by atoms with van der Waals surface area (Å²) in [5, 5.41) is 0.